The maximum Gasteiger partial charge on any atom is 0.242 e. The summed E-state index contributed by atoms with van der Waals surface area (Å²) in [7, 11) is -3.52. The average Bonchev–Trinajstić information content (AvgIpc) is 2.57. The first-order valence-electron chi connectivity index (χ1n) is 5.53. The Hall–Kier alpha value is -0.850. The second kappa shape index (κ2) is 4.80. The molecule has 0 aliphatic heterocycles. The first-order valence-corrected chi connectivity index (χ1v) is 7.02. The fourth-order valence-electron chi connectivity index (χ4n) is 1.56. The number of hydrogen-bond donors (Lipinski definition) is 2. The van der Waals surface area contributed by atoms with Crippen molar-refractivity contribution in [3.05, 3.63) is 18.0 Å². The highest BCUT2D eigenvalue weighted by Gasteiger charge is 2.23. The number of aliphatic hydroxyl groups excluding tert-OH is 1. The largest absolute Gasteiger partial charge is 0.390 e. The summed E-state index contributed by atoms with van der Waals surface area (Å²) in [6.07, 6.45) is 1.54. The standard InChI is InChI=1S/C11H20N2O3S/c1-5-13-7-10(6-9(13)8-14)17(15,16)12-11(2,3)4/h6-7,12,14H,5,8H2,1-4H3. The van der Waals surface area contributed by atoms with Gasteiger partial charge in [-0.2, -0.15) is 0 Å². The van der Waals surface area contributed by atoms with E-state index in [2.05, 4.69) is 4.72 Å². The maximum atomic E-state index is 12.0. The molecule has 0 unspecified atom stereocenters. The van der Waals surface area contributed by atoms with Crippen LogP contribution in [0.1, 0.15) is 33.4 Å². The van der Waals surface area contributed by atoms with E-state index in [1.165, 1.54) is 6.07 Å². The lowest BCUT2D eigenvalue weighted by Gasteiger charge is -2.19. The average molecular weight is 260 g/mol. The zero-order valence-electron chi connectivity index (χ0n) is 10.7. The Bertz CT molecular complexity index is 462. The molecule has 0 bridgehead atoms. The number of sulfonamides is 1. The lowest BCUT2D eigenvalue weighted by molar-refractivity contribution is 0.271. The third kappa shape index (κ3) is 3.55. The van der Waals surface area contributed by atoms with Crippen molar-refractivity contribution in [1.82, 2.24) is 9.29 Å². The lowest BCUT2D eigenvalue weighted by atomic mass is 10.1. The number of aliphatic hydroxyl groups is 1. The highest BCUT2D eigenvalue weighted by atomic mass is 32.2. The van der Waals surface area contributed by atoms with Crippen molar-refractivity contribution in [2.24, 2.45) is 0 Å². The molecule has 0 spiro atoms. The molecule has 0 fully saturated rings. The van der Waals surface area contributed by atoms with Gasteiger partial charge in [-0.3, -0.25) is 0 Å². The molecule has 1 rings (SSSR count). The summed E-state index contributed by atoms with van der Waals surface area (Å²) in [5.74, 6) is 0. The minimum absolute atomic E-state index is 0.168. The van der Waals surface area contributed by atoms with E-state index in [0.29, 0.717) is 12.2 Å². The SMILES string of the molecule is CCn1cc(S(=O)(=O)NC(C)(C)C)cc1CO. The molecular weight excluding hydrogens is 240 g/mol. The van der Waals surface area contributed by atoms with Crippen LogP contribution in [0.3, 0.4) is 0 Å². The smallest absolute Gasteiger partial charge is 0.242 e. The van der Waals surface area contributed by atoms with Crippen LogP contribution >= 0.6 is 0 Å². The topological polar surface area (TPSA) is 71.3 Å². The molecule has 0 aromatic carbocycles. The van der Waals surface area contributed by atoms with Crippen molar-refractivity contribution in [1.29, 1.82) is 0 Å². The summed E-state index contributed by atoms with van der Waals surface area (Å²) in [6, 6.07) is 1.50. The van der Waals surface area contributed by atoms with Crippen molar-refractivity contribution >= 4 is 10.0 Å². The van der Waals surface area contributed by atoms with E-state index in [1.807, 2.05) is 6.92 Å². The Kier molecular flexibility index (Phi) is 4.01. The van der Waals surface area contributed by atoms with Crippen molar-refractivity contribution in [2.45, 2.75) is 51.3 Å². The van der Waals surface area contributed by atoms with Gasteiger partial charge in [0.2, 0.25) is 10.0 Å². The number of rotatable bonds is 4. The molecule has 0 aliphatic carbocycles. The third-order valence-electron chi connectivity index (χ3n) is 2.21. The molecule has 17 heavy (non-hydrogen) atoms. The highest BCUT2D eigenvalue weighted by molar-refractivity contribution is 7.89. The Balaban J connectivity index is 3.12. The molecule has 0 atom stereocenters. The summed E-state index contributed by atoms with van der Waals surface area (Å²) < 4.78 is 28.4. The molecule has 6 heteroatoms. The Morgan fingerprint density at radius 3 is 2.35 bits per heavy atom. The molecule has 0 amide bonds. The minimum Gasteiger partial charge on any atom is -0.390 e. The maximum absolute atomic E-state index is 12.0. The van der Waals surface area contributed by atoms with Crippen LogP contribution in [0.25, 0.3) is 0 Å². The van der Waals surface area contributed by atoms with Gasteiger partial charge in [0.15, 0.2) is 0 Å². The molecule has 0 radical (unpaired) electrons. The van der Waals surface area contributed by atoms with E-state index in [0.717, 1.165) is 0 Å². The zero-order valence-corrected chi connectivity index (χ0v) is 11.5. The minimum atomic E-state index is -3.52. The third-order valence-corrected chi connectivity index (χ3v) is 3.94. The summed E-state index contributed by atoms with van der Waals surface area (Å²) in [6.45, 7) is 7.71. The Morgan fingerprint density at radius 1 is 1.41 bits per heavy atom. The van der Waals surface area contributed by atoms with Crippen molar-refractivity contribution in [3.63, 3.8) is 0 Å². The van der Waals surface area contributed by atoms with E-state index in [9.17, 15) is 8.42 Å². The summed E-state index contributed by atoms with van der Waals surface area (Å²) in [4.78, 5) is 0.193. The molecular formula is C11H20N2O3S. The number of nitrogens with one attached hydrogen (secondary N) is 1. The monoisotopic (exact) mass is 260 g/mol. The van der Waals surface area contributed by atoms with Gasteiger partial charge in [-0.25, -0.2) is 13.1 Å². The van der Waals surface area contributed by atoms with E-state index >= 15 is 0 Å². The Morgan fingerprint density at radius 2 is 2.00 bits per heavy atom. The number of aromatic nitrogens is 1. The predicted molar refractivity (Wildman–Crippen MR) is 66.1 cm³/mol. The molecule has 5 nitrogen and oxygen atoms in total. The van der Waals surface area contributed by atoms with Crippen LogP contribution in [0.5, 0.6) is 0 Å². The van der Waals surface area contributed by atoms with E-state index < -0.39 is 15.6 Å². The van der Waals surface area contributed by atoms with E-state index in [1.54, 1.807) is 31.5 Å². The quantitative estimate of drug-likeness (QED) is 0.851. The summed E-state index contributed by atoms with van der Waals surface area (Å²) in [5.41, 5.74) is 0.0776. The molecule has 0 saturated carbocycles. The van der Waals surface area contributed by atoms with Crippen LogP contribution in [-0.2, 0) is 23.2 Å². The van der Waals surface area contributed by atoms with Crippen LogP contribution in [0, 0.1) is 0 Å². The van der Waals surface area contributed by atoms with Crippen LogP contribution in [0.15, 0.2) is 17.2 Å². The van der Waals surface area contributed by atoms with Gasteiger partial charge in [0.1, 0.15) is 0 Å². The van der Waals surface area contributed by atoms with Gasteiger partial charge in [0, 0.05) is 24.0 Å². The molecule has 1 aromatic rings. The van der Waals surface area contributed by atoms with Crippen LogP contribution < -0.4 is 4.72 Å². The molecule has 1 heterocycles. The van der Waals surface area contributed by atoms with Gasteiger partial charge in [0.25, 0.3) is 0 Å². The molecule has 0 saturated heterocycles. The second-order valence-electron chi connectivity index (χ2n) is 4.97. The first-order chi connectivity index (χ1) is 7.69. The van der Waals surface area contributed by atoms with Gasteiger partial charge in [-0.1, -0.05) is 0 Å². The number of aryl methyl sites for hydroxylation is 1. The zero-order chi connectivity index (χ0) is 13.3. The fraction of sp³-hybridized carbons (Fsp3) is 0.636. The summed E-state index contributed by atoms with van der Waals surface area (Å²) >= 11 is 0. The van der Waals surface area contributed by atoms with Crippen LogP contribution in [0.4, 0.5) is 0 Å². The predicted octanol–water partition coefficient (Wildman–Crippen LogP) is 1.08. The lowest BCUT2D eigenvalue weighted by Crippen LogP contribution is -2.40. The Labute approximate surface area is 103 Å². The van der Waals surface area contributed by atoms with Crippen LogP contribution in [-0.4, -0.2) is 23.6 Å². The van der Waals surface area contributed by atoms with Crippen molar-refractivity contribution in [3.8, 4) is 0 Å². The van der Waals surface area contributed by atoms with E-state index in [4.69, 9.17) is 5.11 Å². The van der Waals surface area contributed by atoms with Gasteiger partial charge >= 0.3 is 0 Å². The molecule has 98 valence electrons. The fourth-order valence-corrected chi connectivity index (χ4v) is 3.04. The normalized spacial score (nSPS) is 13.0. The number of nitrogens with zero attached hydrogens (tertiary/aromatic N) is 1. The van der Waals surface area contributed by atoms with E-state index in [-0.39, 0.29) is 11.5 Å². The van der Waals surface area contributed by atoms with Gasteiger partial charge in [-0.15, -0.1) is 0 Å². The van der Waals surface area contributed by atoms with Gasteiger partial charge in [0.05, 0.1) is 11.5 Å². The summed E-state index contributed by atoms with van der Waals surface area (Å²) in [5, 5.41) is 9.13. The first kappa shape index (κ1) is 14.2. The second-order valence-corrected chi connectivity index (χ2v) is 6.65. The molecule has 2 N–H and O–H groups in total. The highest BCUT2D eigenvalue weighted by Crippen LogP contribution is 2.16. The molecule has 0 aliphatic rings. The van der Waals surface area contributed by atoms with Crippen molar-refractivity contribution < 1.29 is 13.5 Å². The van der Waals surface area contributed by atoms with Crippen molar-refractivity contribution in [2.75, 3.05) is 0 Å². The van der Waals surface area contributed by atoms with Crippen LogP contribution in [0.2, 0.25) is 0 Å². The molecule has 1 aromatic heterocycles. The number of hydrogen-bond acceptors (Lipinski definition) is 3. The van der Waals surface area contributed by atoms with Gasteiger partial charge in [-0.05, 0) is 33.8 Å². The van der Waals surface area contributed by atoms with Gasteiger partial charge < -0.3 is 9.67 Å².